The Bertz CT molecular complexity index is 668. The summed E-state index contributed by atoms with van der Waals surface area (Å²) < 4.78 is 26.4. The second-order valence-corrected chi connectivity index (χ2v) is 7.21. The van der Waals surface area contributed by atoms with E-state index in [1.54, 1.807) is 0 Å². The molecule has 0 aromatic heterocycles. The predicted octanol–water partition coefficient (Wildman–Crippen LogP) is 2.20. The summed E-state index contributed by atoms with van der Waals surface area (Å²) in [4.78, 5) is 0. The molecule has 0 bridgehead atoms. The van der Waals surface area contributed by atoms with E-state index in [1.165, 1.54) is 5.56 Å². The first-order valence-corrected chi connectivity index (χ1v) is 8.98. The molecule has 0 atom stereocenters. The lowest BCUT2D eigenvalue weighted by molar-refractivity contribution is 0.576. The van der Waals surface area contributed by atoms with E-state index in [4.69, 9.17) is 0 Å². The number of hydrogen-bond acceptors (Lipinski definition) is 3. The summed E-state index contributed by atoms with van der Waals surface area (Å²) in [6, 6.07) is 17.7. The van der Waals surface area contributed by atoms with E-state index < -0.39 is 10.0 Å². The molecule has 22 heavy (non-hydrogen) atoms. The molecule has 0 aliphatic heterocycles. The highest BCUT2D eigenvalue weighted by Gasteiger charge is 2.09. The van der Waals surface area contributed by atoms with Gasteiger partial charge in [-0.2, -0.15) is 0 Å². The molecule has 118 valence electrons. The van der Waals surface area contributed by atoms with Crippen molar-refractivity contribution in [2.75, 3.05) is 12.3 Å². The van der Waals surface area contributed by atoms with E-state index in [9.17, 15) is 8.42 Å². The third-order valence-electron chi connectivity index (χ3n) is 3.34. The van der Waals surface area contributed by atoms with Crippen molar-refractivity contribution < 1.29 is 8.42 Å². The van der Waals surface area contributed by atoms with Gasteiger partial charge in [0, 0.05) is 19.6 Å². The minimum atomic E-state index is -3.25. The Morgan fingerprint density at radius 3 is 2.18 bits per heavy atom. The lowest BCUT2D eigenvalue weighted by Gasteiger charge is -2.08. The molecule has 0 fully saturated rings. The van der Waals surface area contributed by atoms with Crippen LogP contribution in [0.25, 0.3) is 0 Å². The van der Waals surface area contributed by atoms with Gasteiger partial charge in [0.25, 0.3) is 0 Å². The van der Waals surface area contributed by atoms with Gasteiger partial charge in [-0.1, -0.05) is 60.2 Å². The highest BCUT2D eigenvalue weighted by Crippen LogP contribution is 2.02. The summed E-state index contributed by atoms with van der Waals surface area (Å²) in [5.41, 5.74) is 3.33. The van der Waals surface area contributed by atoms with Crippen molar-refractivity contribution in [1.82, 2.24) is 10.0 Å². The topological polar surface area (TPSA) is 58.2 Å². The monoisotopic (exact) mass is 318 g/mol. The molecule has 0 aliphatic carbocycles. The maximum atomic E-state index is 11.9. The molecule has 4 nitrogen and oxygen atoms in total. The Morgan fingerprint density at radius 2 is 1.50 bits per heavy atom. The summed E-state index contributed by atoms with van der Waals surface area (Å²) in [6.07, 6.45) is 0. The first-order valence-electron chi connectivity index (χ1n) is 7.33. The molecule has 0 radical (unpaired) electrons. The molecule has 0 saturated carbocycles. The van der Waals surface area contributed by atoms with Crippen LogP contribution in [-0.4, -0.2) is 20.7 Å². The molecule has 5 heteroatoms. The zero-order chi connectivity index (χ0) is 15.8. The van der Waals surface area contributed by atoms with Crippen molar-refractivity contribution in [1.29, 1.82) is 0 Å². The SMILES string of the molecule is Cc1ccc(CNCCS(=O)(=O)NCc2ccccc2)cc1. The van der Waals surface area contributed by atoms with Crippen LogP contribution >= 0.6 is 0 Å². The number of rotatable bonds is 8. The van der Waals surface area contributed by atoms with Gasteiger partial charge >= 0.3 is 0 Å². The van der Waals surface area contributed by atoms with Crippen molar-refractivity contribution in [3.8, 4) is 0 Å². The van der Waals surface area contributed by atoms with Gasteiger partial charge in [-0.05, 0) is 18.1 Å². The minimum absolute atomic E-state index is 0.0751. The summed E-state index contributed by atoms with van der Waals surface area (Å²) in [5.74, 6) is 0.0751. The predicted molar refractivity (Wildman–Crippen MR) is 90.0 cm³/mol. The molecule has 2 aromatic carbocycles. The number of benzene rings is 2. The van der Waals surface area contributed by atoms with Gasteiger partial charge in [0.15, 0.2) is 0 Å². The standard InChI is InChI=1S/C17H22N2O2S/c1-15-7-9-17(10-8-15)13-18-11-12-22(20,21)19-14-16-5-3-2-4-6-16/h2-10,18-19H,11-14H2,1H3. The smallest absolute Gasteiger partial charge is 0.213 e. The number of sulfonamides is 1. The number of aryl methyl sites for hydroxylation is 1. The largest absolute Gasteiger partial charge is 0.312 e. The van der Waals surface area contributed by atoms with Crippen molar-refractivity contribution >= 4 is 10.0 Å². The summed E-state index contributed by atoms with van der Waals surface area (Å²) in [7, 11) is -3.25. The van der Waals surface area contributed by atoms with Crippen LogP contribution in [0, 0.1) is 6.92 Å². The van der Waals surface area contributed by atoms with Gasteiger partial charge in [0.2, 0.25) is 10.0 Å². The second-order valence-electron chi connectivity index (χ2n) is 5.29. The van der Waals surface area contributed by atoms with Crippen LogP contribution in [0.5, 0.6) is 0 Å². The highest BCUT2D eigenvalue weighted by molar-refractivity contribution is 7.89. The molecule has 0 saturated heterocycles. The minimum Gasteiger partial charge on any atom is -0.312 e. The second kappa shape index (κ2) is 8.08. The third kappa shape index (κ3) is 5.97. The molecule has 2 aromatic rings. The van der Waals surface area contributed by atoms with Crippen LogP contribution in [0.2, 0.25) is 0 Å². The van der Waals surface area contributed by atoms with E-state index in [-0.39, 0.29) is 5.75 Å². The van der Waals surface area contributed by atoms with Gasteiger partial charge in [0.05, 0.1) is 5.75 Å². The molecule has 0 aliphatic rings. The van der Waals surface area contributed by atoms with Crippen LogP contribution in [0.3, 0.4) is 0 Å². The Balaban J connectivity index is 1.70. The van der Waals surface area contributed by atoms with E-state index in [0.717, 1.165) is 11.1 Å². The molecule has 2 N–H and O–H groups in total. The van der Waals surface area contributed by atoms with Crippen molar-refractivity contribution in [2.45, 2.75) is 20.0 Å². The molecule has 2 rings (SSSR count). The van der Waals surface area contributed by atoms with Crippen LogP contribution in [-0.2, 0) is 23.1 Å². The van der Waals surface area contributed by atoms with Gasteiger partial charge in [-0.25, -0.2) is 13.1 Å². The lowest BCUT2D eigenvalue weighted by Crippen LogP contribution is -2.31. The maximum Gasteiger partial charge on any atom is 0.213 e. The molecule has 0 amide bonds. The fourth-order valence-corrected chi connectivity index (χ4v) is 2.95. The first-order chi connectivity index (χ1) is 10.6. The normalized spacial score (nSPS) is 11.5. The average Bonchev–Trinajstić information content (AvgIpc) is 2.52. The van der Waals surface area contributed by atoms with Crippen LogP contribution < -0.4 is 10.0 Å². The van der Waals surface area contributed by atoms with Gasteiger partial charge in [-0.15, -0.1) is 0 Å². The Kier molecular flexibility index (Phi) is 6.12. The molecule has 0 heterocycles. The van der Waals surface area contributed by atoms with Crippen molar-refractivity contribution in [3.05, 3.63) is 71.3 Å². The Labute approximate surface area is 132 Å². The van der Waals surface area contributed by atoms with Crippen LogP contribution in [0.4, 0.5) is 0 Å². The van der Waals surface area contributed by atoms with Crippen molar-refractivity contribution in [3.63, 3.8) is 0 Å². The molecule has 0 unspecified atom stereocenters. The first kappa shape index (κ1) is 16.7. The maximum absolute atomic E-state index is 11.9. The zero-order valence-electron chi connectivity index (χ0n) is 12.7. The summed E-state index contributed by atoms with van der Waals surface area (Å²) >= 11 is 0. The van der Waals surface area contributed by atoms with Gasteiger partial charge in [0.1, 0.15) is 0 Å². The van der Waals surface area contributed by atoms with E-state index in [0.29, 0.717) is 19.6 Å². The molecular weight excluding hydrogens is 296 g/mol. The fraction of sp³-hybridized carbons (Fsp3) is 0.294. The number of hydrogen-bond donors (Lipinski definition) is 2. The van der Waals surface area contributed by atoms with E-state index in [2.05, 4.69) is 22.2 Å². The van der Waals surface area contributed by atoms with Crippen molar-refractivity contribution in [2.24, 2.45) is 0 Å². The van der Waals surface area contributed by atoms with Crippen LogP contribution in [0.1, 0.15) is 16.7 Å². The van der Waals surface area contributed by atoms with E-state index >= 15 is 0 Å². The highest BCUT2D eigenvalue weighted by atomic mass is 32.2. The summed E-state index contributed by atoms with van der Waals surface area (Å²) in [5, 5.41) is 3.16. The Morgan fingerprint density at radius 1 is 0.864 bits per heavy atom. The lowest BCUT2D eigenvalue weighted by atomic mass is 10.1. The molecule has 0 spiro atoms. The zero-order valence-corrected chi connectivity index (χ0v) is 13.6. The summed E-state index contributed by atoms with van der Waals surface area (Å²) in [6.45, 7) is 3.48. The quantitative estimate of drug-likeness (QED) is 0.734. The molecular formula is C17H22N2O2S. The Hall–Kier alpha value is -1.69. The van der Waals surface area contributed by atoms with Crippen LogP contribution in [0.15, 0.2) is 54.6 Å². The van der Waals surface area contributed by atoms with Gasteiger partial charge < -0.3 is 5.32 Å². The number of nitrogens with one attached hydrogen (secondary N) is 2. The fourth-order valence-electron chi connectivity index (χ4n) is 2.01. The van der Waals surface area contributed by atoms with E-state index in [1.807, 2.05) is 49.4 Å². The van der Waals surface area contributed by atoms with Gasteiger partial charge in [-0.3, -0.25) is 0 Å². The average molecular weight is 318 g/mol. The third-order valence-corrected chi connectivity index (χ3v) is 4.66.